The highest BCUT2D eigenvalue weighted by atomic mass is 35.5. The average molecular weight is 297 g/mol. The van der Waals surface area contributed by atoms with Gasteiger partial charge < -0.3 is 10.1 Å². The number of hydrogen-bond acceptors (Lipinski definition) is 3. The van der Waals surface area contributed by atoms with Crippen LogP contribution < -0.4 is 10.1 Å². The highest BCUT2D eigenvalue weighted by molar-refractivity contribution is 5.85. The second-order valence-corrected chi connectivity index (χ2v) is 5.48. The first kappa shape index (κ1) is 15.1. The molecule has 110 valence electrons. The molecule has 1 aliphatic heterocycles. The molecule has 1 N–H and O–H groups in total. The van der Waals surface area contributed by atoms with Crippen molar-refractivity contribution < 1.29 is 9.53 Å². The first-order valence-corrected chi connectivity index (χ1v) is 6.92. The molecular weight excluding hydrogens is 276 g/mol. The first-order valence-electron chi connectivity index (χ1n) is 6.92. The summed E-state index contributed by atoms with van der Waals surface area (Å²) in [6, 6.07) is 6.57. The number of carbonyl (C=O) groups is 1. The molecule has 0 radical (unpaired) electrons. The molecule has 0 unspecified atom stereocenters. The van der Waals surface area contributed by atoms with Crippen molar-refractivity contribution >= 4 is 18.5 Å². The third-order valence-electron chi connectivity index (χ3n) is 4.43. The van der Waals surface area contributed by atoms with Gasteiger partial charge in [0.15, 0.2) is 0 Å². The van der Waals surface area contributed by atoms with E-state index in [1.54, 1.807) is 7.05 Å². The van der Waals surface area contributed by atoms with E-state index in [9.17, 15) is 4.79 Å². The fourth-order valence-corrected chi connectivity index (χ4v) is 3.52. The zero-order valence-electron chi connectivity index (χ0n) is 11.9. The molecule has 1 amide bonds. The van der Waals surface area contributed by atoms with Crippen LogP contribution in [0, 0.1) is 5.92 Å². The van der Waals surface area contributed by atoms with Gasteiger partial charge in [-0.2, -0.15) is 0 Å². The van der Waals surface area contributed by atoms with Gasteiger partial charge >= 0.3 is 6.09 Å². The number of hydrogen-bond donors (Lipinski definition) is 1. The van der Waals surface area contributed by atoms with Crippen LogP contribution in [0.25, 0.3) is 0 Å². The minimum Gasteiger partial charge on any atom is -0.410 e. The van der Waals surface area contributed by atoms with Crippen molar-refractivity contribution in [2.24, 2.45) is 5.92 Å². The maximum atomic E-state index is 11.4. The Morgan fingerprint density at radius 3 is 2.95 bits per heavy atom. The molecular formula is C15H21ClN2O2. The van der Waals surface area contributed by atoms with Gasteiger partial charge in [-0.1, -0.05) is 12.1 Å². The molecule has 0 aromatic heterocycles. The number of carbonyl (C=O) groups excluding carboxylic acids is 1. The third kappa shape index (κ3) is 2.50. The minimum absolute atomic E-state index is 0. The van der Waals surface area contributed by atoms with E-state index in [0.717, 1.165) is 24.6 Å². The number of benzene rings is 1. The first-order chi connectivity index (χ1) is 9.20. The van der Waals surface area contributed by atoms with Gasteiger partial charge in [-0.3, -0.25) is 4.90 Å². The highest BCUT2D eigenvalue weighted by Crippen LogP contribution is 2.46. The zero-order chi connectivity index (χ0) is 13.4. The molecule has 1 saturated heterocycles. The van der Waals surface area contributed by atoms with E-state index in [2.05, 4.69) is 23.3 Å². The predicted octanol–water partition coefficient (Wildman–Crippen LogP) is 2.77. The molecule has 20 heavy (non-hydrogen) atoms. The fourth-order valence-electron chi connectivity index (χ4n) is 3.52. The number of fused-ring (bicyclic) bond motifs is 3. The van der Waals surface area contributed by atoms with Crippen LogP contribution in [-0.2, 0) is 6.42 Å². The molecule has 0 bridgehead atoms. The lowest BCUT2D eigenvalue weighted by molar-refractivity contribution is 0.201. The van der Waals surface area contributed by atoms with Crippen LogP contribution in [0.15, 0.2) is 18.2 Å². The summed E-state index contributed by atoms with van der Waals surface area (Å²) in [5, 5.41) is 2.50. The fraction of sp³-hybridized carbons (Fsp3) is 0.533. The molecule has 0 saturated carbocycles. The molecule has 3 rings (SSSR count). The van der Waals surface area contributed by atoms with Crippen LogP contribution in [0.3, 0.4) is 0 Å². The van der Waals surface area contributed by atoms with Crippen LogP contribution in [0.4, 0.5) is 4.79 Å². The summed E-state index contributed by atoms with van der Waals surface area (Å²) < 4.78 is 5.38. The number of halogens is 1. The van der Waals surface area contributed by atoms with E-state index in [0.29, 0.717) is 6.04 Å². The normalized spacial score (nSPS) is 24.3. The second kappa shape index (κ2) is 6.02. The van der Waals surface area contributed by atoms with Gasteiger partial charge in [-0.25, -0.2) is 4.79 Å². The number of ether oxygens (including phenoxy) is 1. The summed E-state index contributed by atoms with van der Waals surface area (Å²) in [7, 11) is 3.77. The smallest absolute Gasteiger partial charge is 0.410 e. The Bertz CT molecular complexity index is 507. The molecule has 1 heterocycles. The maximum Gasteiger partial charge on any atom is 0.412 e. The Kier molecular flexibility index (Phi) is 4.55. The van der Waals surface area contributed by atoms with Gasteiger partial charge in [0.2, 0.25) is 0 Å². The number of nitrogens with one attached hydrogen (secondary N) is 1. The number of nitrogens with zero attached hydrogens (tertiary/aromatic N) is 1. The lowest BCUT2D eigenvalue weighted by atomic mass is 9.80. The van der Waals surface area contributed by atoms with Crippen molar-refractivity contribution in [3.8, 4) is 5.75 Å². The SMILES string of the molecule is CNC(=O)Oc1cccc2c1CC[C@@H]1CCN(C)[C@H]21.Cl. The van der Waals surface area contributed by atoms with E-state index in [-0.39, 0.29) is 12.4 Å². The highest BCUT2D eigenvalue weighted by Gasteiger charge is 2.37. The quantitative estimate of drug-likeness (QED) is 0.866. The van der Waals surface area contributed by atoms with E-state index in [1.165, 1.54) is 24.0 Å². The van der Waals surface area contributed by atoms with Gasteiger partial charge in [-0.15, -0.1) is 12.4 Å². The van der Waals surface area contributed by atoms with Crippen LogP contribution in [0.2, 0.25) is 0 Å². The van der Waals surface area contributed by atoms with Crippen LogP contribution >= 0.6 is 12.4 Å². The van der Waals surface area contributed by atoms with Crippen molar-refractivity contribution in [1.29, 1.82) is 0 Å². The van der Waals surface area contributed by atoms with Crippen molar-refractivity contribution in [2.45, 2.75) is 25.3 Å². The summed E-state index contributed by atoms with van der Waals surface area (Å²) in [4.78, 5) is 13.8. The van der Waals surface area contributed by atoms with Crippen LogP contribution in [0.5, 0.6) is 5.75 Å². The molecule has 1 aliphatic carbocycles. The molecule has 1 aromatic carbocycles. The number of rotatable bonds is 1. The summed E-state index contributed by atoms with van der Waals surface area (Å²) in [5.74, 6) is 1.48. The maximum absolute atomic E-state index is 11.4. The van der Waals surface area contributed by atoms with Crippen molar-refractivity contribution in [3.05, 3.63) is 29.3 Å². The number of amides is 1. The molecule has 2 aliphatic rings. The third-order valence-corrected chi connectivity index (χ3v) is 4.43. The molecule has 5 heteroatoms. The number of likely N-dealkylation sites (tertiary alicyclic amines) is 1. The molecule has 0 spiro atoms. The van der Waals surface area contributed by atoms with Gasteiger partial charge in [0.05, 0.1) is 0 Å². The van der Waals surface area contributed by atoms with Crippen molar-refractivity contribution in [3.63, 3.8) is 0 Å². The van der Waals surface area contributed by atoms with Gasteiger partial charge in [0, 0.05) is 13.1 Å². The Labute approximate surface area is 125 Å². The second-order valence-electron chi connectivity index (χ2n) is 5.48. The van der Waals surface area contributed by atoms with Gasteiger partial charge in [0.1, 0.15) is 5.75 Å². The summed E-state index contributed by atoms with van der Waals surface area (Å²) in [6.07, 6.45) is 3.09. The molecule has 1 fully saturated rings. The van der Waals surface area contributed by atoms with Gasteiger partial charge in [0.25, 0.3) is 0 Å². The van der Waals surface area contributed by atoms with E-state index >= 15 is 0 Å². The Morgan fingerprint density at radius 2 is 2.20 bits per heavy atom. The Hall–Kier alpha value is -1.26. The Balaban J connectivity index is 0.00000147. The molecule has 4 nitrogen and oxygen atoms in total. The minimum atomic E-state index is -0.393. The predicted molar refractivity (Wildman–Crippen MR) is 80.6 cm³/mol. The van der Waals surface area contributed by atoms with E-state index in [1.807, 2.05) is 12.1 Å². The zero-order valence-corrected chi connectivity index (χ0v) is 12.7. The average Bonchev–Trinajstić information content (AvgIpc) is 2.81. The van der Waals surface area contributed by atoms with Crippen molar-refractivity contribution in [2.75, 3.05) is 20.6 Å². The van der Waals surface area contributed by atoms with Gasteiger partial charge in [-0.05, 0) is 56.0 Å². The lowest BCUT2D eigenvalue weighted by Crippen LogP contribution is -2.27. The van der Waals surface area contributed by atoms with Crippen LogP contribution in [0.1, 0.15) is 30.0 Å². The standard InChI is InChI=1S/C15H20N2O2.ClH/c1-16-15(18)19-13-5-3-4-12-11(13)7-6-10-8-9-17(2)14(10)12;/h3-5,10,14H,6-9H2,1-2H3,(H,16,18);1H/t10-,14+;/m1./s1. The Morgan fingerprint density at radius 1 is 1.40 bits per heavy atom. The molecule has 1 aromatic rings. The van der Waals surface area contributed by atoms with Crippen molar-refractivity contribution in [1.82, 2.24) is 10.2 Å². The summed E-state index contributed by atoms with van der Waals surface area (Å²) in [5.41, 5.74) is 2.55. The molecule has 2 atom stereocenters. The van der Waals surface area contributed by atoms with E-state index in [4.69, 9.17) is 4.74 Å². The monoisotopic (exact) mass is 296 g/mol. The lowest BCUT2D eigenvalue weighted by Gasteiger charge is -2.32. The largest absolute Gasteiger partial charge is 0.412 e. The van der Waals surface area contributed by atoms with Crippen LogP contribution in [-0.4, -0.2) is 31.6 Å². The summed E-state index contributed by atoms with van der Waals surface area (Å²) in [6.45, 7) is 1.16. The van der Waals surface area contributed by atoms with E-state index < -0.39 is 6.09 Å². The summed E-state index contributed by atoms with van der Waals surface area (Å²) >= 11 is 0. The topological polar surface area (TPSA) is 41.6 Å².